The topological polar surface area (TPSA) is 55.2 Å². The number of nitrogens with zero attached hydrogens (tertiary/aromatic N) is 3. The van der Waals surface area contributed by atoms with Crippen molar-refractivity contribution in [2.45, 2.75) is 37.1 Å². The number of fused-ring (bicyclic) bond motifs is 1. The quantitative estimate of drug-likeness (QED) is 0.867. The lowest BCUT2D eigenvalue weighted by atomic mass is 9.92. The molecule has 3 rings (SSSR count). The van der Waals surface area contributed by atoms with Gasteiger partial charge in [-0.2, -0.15) is 9.40 Å². The average Bonchev–Trinajstić information content (AvgIpc) is 2.91. The first kappa shape index (κ1) is 15.2. The van der Waals surface area contributed by atoms with Gasteiger partial charge in [0.2, 0.25) is 10.0 Å². The molecule has 0 saturated heterocycles. The summed E-state index contributed by atoms with van der Waals surface area (Å²) in [7, 11) is -0.0313. The van der Waals surface area contributed by atoms with Gasteiger partial charge in [0, 0.05) is 32.4 Å². The lowest BCUT2D eigenvalue weighted by Gasteiger charge is -2.20. The minimum Gasteiger partial charge on any atom is -0.275 e. The molecule has 1 aliphatic carbocycles. The summed E-state index contributed by atoms with van der Waals surface area (Å²) < 4.78 is 28.5. The Morgan fingerprint density at radius 2 is 1.95 bits per heavy atom. The third kappa shape index (κ3) is 2.94. The first-order chi connectivity index (χ1) is 10.5. The van der Waals surface area contributed by atoms with Crippen molar-refractivity contribution >= 4 is 10.0 Å². The van der Waals surface area contributed by atoms with E-state index in [0.717, 1.165) is 24.8 Å². The molecule has 0 radical (unpaired) electrons. The van der Waals surface area contributed by atoms with Crippen LogP contribution in [0.2, 0.25) is 0 Å². The van der Waals surface area contributed by atoms with Crippen molar-refractivity contribution in [3.05, 3.63) is 47.3 Å². The lowest BCUT2D eigenvalue weighted by Crippen LogP contribution is -2.26. The summed E-state index contributed by atoms with van der Waals surface area (Å²) in [6.45, 7) is 0.327. The highest BCUT2D eigenvalue weighted by atomic mass is 32.2. The fourth-order valence-corrected chi connectivity index (χ4v) is 4.16. The number of sulfonamides is 1. The molecule has 0 bridgehead atoms. The molecule has 0 unspecified atom stereocenters. The van der Waals surface area contributed by atoms with Gasteiger partial charge in [-0.15, -0.1) is 0 Å². The molecule has 1 heterocycles. The van der Waals surface area contributed by atoms with Gasteiger partial charge in [0.1, 0.15) is 0 Å². The second kappa shape index (κ2) is 5.85. The molecule has 22 heavy (non-hydrogen) atoms. The maximum absolute atomic E-state index is 12.7. The zero-order chi connectivity index (χ0) is 15.7. The summed E-state index contributed by atoms with van der Waals surface area (Å²) in [5.41, 5.74) is 3.36. The standard InChI is InChI=1S/C16H21N3O2S/c1-18-11-13(10-17-18)12-19(2)22(20,21)16-8-7-14-5-3-4-6-15(14)9-16/h7-11H,3-6,12H2,1-2H3. The number of rotatable bonds is 4. The van der Waals surface area contributed by atoms with Crippen molar-refractivity contribution < 1.29 is 8.42 Å². The van der Waals surface area contributed by atoms with Crippen LogP contribution >= 0.6 is 0 Å². The van der Waals surface area contributed by atoms with E-state index in [0.29, 0.717) is 11.4 Å². The van der Waals surface area contributed by atoms with Gasteiger partial charge in [-0.25, -0.2) is 8.42 Å². The van der Waals surface area contributed by atoms with E-state index in [1.54, 1.807) is 24.0 Å². The van der Waals surface area contributed by atoms with Gasteiger partial charge in [-0.3, -0.25) is 4.68 Å². The van der Waals surface area contributed by atoms with Gasteiger partial charge in [0.15, 0.2) is 0 Å². The third-order valence-corrected chi connectivity index (χ3v) is 5.99. The fraction of sp³-hybridized carbons (Fsp3) is 0.438. The van der Waals surface area contributed by atoms with E-state index in [4.69, 9.17) is 0 Å². The van der Waals surface area contributed by atoms with Crippen molar-refractivity contribution in [2.24, 2.45) is 7.05 Å². The number of hydrogen-bond acceptors (Lipinski definition) is 3. The van der Waals surface area contributed by atoms with E-state index < -0.39 is 10.0 Å². The Balaban J connectivity index is 1.85. The number of aromatic nitrogens is 2. The molecule has 0 fully saturated rings. The minimum atomic E-state index is -3.47. The Morgan fingerprint density at radius 3 is 2.64 bits per heavy atom. The normalized spacial score (nSPS) is 15.0. The Kier molecular flexibility index (Phi) is 4.06. The lowest BCUT2D eigenvalue weighted by molar-refractivity contribution is 0.466. The highest BCUT2D eigenvalue weighted by Crippen LogP contribution is 2.25. The van der Waals surface area contributed by atoms with Crippen LogP contribution in [-0.2, 0) is 36.5 Å². The Hall–Kier alpha value is -1.66. The first-order valence-electron chi connectivity index (χ1n) is 7.52. The molecule has 2 aromatic rings. The monoisotopic (exact) mass is 319 g/mol. The van der Waals surface area contributed by atoms with Gasteiger partial charge in [0.05, 0.1) is 11.1 Å². The molecule has 1 aromatic carbocycles. The van der Waals surface area contributed by atoms with Gasteiger partial charge in [-0.1, -0.05) is 6.07 Å². The van der Waals surface area contributed by atoms with E-state index in [9.17, 15) is 8.42 Å². The Morgan fingerprint density at radius 1 is 1.23 bits per heavy atom. The summed E-state index contributed by atoms with van der Waals surface area (Å²) in [6.07, 6.45) is 7.89. The zero-order valence-electron chi connectivity index (χ0n) is 13.0. The predicted molar refractivity (Wildman–Crippen MR) is 84.9 cm³/mol. The van der Waals surface area contributed by atoms with Crippen LogP contribution in [0, 0.1) is 0 Å². The van der Waals surface area contributed by atoms with E-state index in [1.165, 1.54) is 21.9 Å². The average molecular weight is 319 g/mol. The summed E-state index contributed by atoms with van der Waals surface area (Å²) in [4.78, 5) is 0.388. The molecule has 1 aromatic heterocycles. The number of aryl methyl sites for hydroxylation is 3. The fourth-order valence-electron chi connectivity index (χ4n) is 2.95. The van der Waals surface area contributed by atoms with E-state index in [-0.39, 0.29) is 0 Å². The van der Waals surface area contributed by atoms with Crippen LogP contribution in [0.15, 0.2) is 35.5 Å². The summed E-state index contributed by atoms with van der Waals surface area (Å²) in [6, 6.07) is 5.56. The molecular weight excluding hydrogens is 298 g/mol. The molecule has 1 aliphatic rings. The SMILES string of the molecule is CN(Cc1cnn(C)c1)S(=O)(=O)c1ccc2c(c1)CCCC2. The van der Waals surface area contributed by atoms with Crippen LogP contribution in [0.3, 0.4) is 0 Å². The second-order valence-electron chi connectivity index (χ2n) is 5.92. The third-order valence-electron chi connectivity index (χ3n) is 4.19. The molecule has 0 N–H and O–H groups in total. The van der Waals surface area contributed by atoms with Crippen molar-refractivity contribution in [1.29, 1.82) is 0 Å². The summed E-state index contributed by atoms with van der Waals surface area (Å²) in [5, 5.41) is 4.08. The molecule has 0 amide bonds. The second-order valence-corrected chi connectivity index (χ2v) is 7.97. The van der Waals surface area contributed by atoms with Gasteiger partial charge in [-0.05, 0) is 48.9 Å². The van der Waals surface area contributed by atoms with Gasteiger partial charge >= 0.3 is 0 Å². The highest BCUT2D eigenvalue weighted by molar-refractivity contribution is 7.89. The van der Waals surface area contributed by atoms with Crippen molar-refractivity contribution in [2.75, 3.05) is 7.05 Å². The molecule has 0 spiro atoms. The van der Waals surface area contributed by atoms with Crippen molar-refractivity contribution in [3.63, 3.8) is 0 Å². The molecule has 0 atom stereocenters. The Labute approximate surface area is 131 Å². The van der Waals surface area contributed by atoms with Crippen LogP contribution < -0.4 is 0 Å². The van der Waals surface area contributed by atoms with Crippen LogP contribution in [-0.4, -0.2) is 29.6 Å². The first-order valence-corrected chi connectivity index (χ1v) is 8.96. The summed E-state index contributed by atoms with van der Waals surface area (Å²) in [5.74, 6) is 0. The maximum atomic E-state index is 12.7. The zero-order valence-corrected chi connectivity index (χ0v) is 13.8. The largest absolute Gasteiger partial charge is 0.275 e. The molecule has 0 saturated carbocycles. The number of hydrogen-bond donors (Lipinski definition) is 0. The van der Waals surface area contributed by atoms with E-state index in [1.807, 2.05) is 25.4 Å². The molecular formula is C16H21N3O2S. The van der Waals surface area contributed by atoms with Crippen LogP contribution in [0.1, 0.15) is 29.5 Å². The number of benzene rings is 1. The molecule has 0 aliphatic heterocycles. The van der Waals surface area contributed by atoms with Crippen LogP contribution in [0.5, 0.6) is 0 Å². The highest BCUT2D eigenvalue weighted by Gasteiger charge is 2.23. The van der Waals surface area contributed by atoms with Crippen molar-refractivity contribution in [3.8, 4) is 0 Å². The Bertz CT molecular complexity index is 780. The van der Waals surface area contributed by atoms with E-state index >= 15 is 0 Å². The smallest absolute Gasteiger partial charge is 0.243 e. The molecule has 6 heteroatoms. The maximum Gasteiger partial charge on any atom is 0.243 e. The van der Waals surface area contributed by atoms with Crippen LogP contribution in [0.4, 0.5) is 0 Å². The molecule has 5 nitrogen and oxygen atoms in total. The van der Waals surface area contributed by atoms with Crippen molar-refractivity contribution in [1.82, 2.24) is 14.1 Å². The molecule has 118 valence electrons. The summed E-state index contributed by atoms with van der Waals surface area (Å²) >= 11 is 0. The predicted octanol–water partition coefficient (Wildman–Crippen LogP) is 2.12. The van der Waals surface area contributed by atoms with Gasteiger partial charge < -0.3 is 0 Å². The van der Waals surface area contributed by atoms with E-state index in [2.05, 4.69) is 5.10 Å². The minimum absolute atomic E-state index is 0.327. The van der Waals surface area contributed by atoms with Crippen LogP contribution in [0.25, 0.3) is 0 Å². The van der Waals surface area contributed by atoms with Gasteiger partial charge in [0.25, 0.3) is 0 Å².